The van der Waals surface area contributed by atoms with Gasteiger partial charge in [-0.05, 0) is 39.7 Å². The minimum Gasteiger partial charge on any atom is -0.455 e. The van der Waals surface area contributed by atoms with Crippen LogP contribution in [-0.2, 0) is 10.0 Å². The summed E-state index contributed by atoms with van der Waals surface area (Å²) in [6, 6.07) is 1.53. The molecule has 2 saturated heterocycles. The number of sulfonamides is 1. The molecule has 0 spiro atoms. The molecule has 1 aromatic heterocycles. The van der Waals surface area contributed by atoms with Crippen LogP contribution in [-0.4, -0.2) is 62.8 Å². The summed E-state index contributed by atoms with van der Waals surface area (Å²) in [5.41, 5.74) is 0. The smallest absolute Gasteiger partial charge is 0.289 e. The normalized spacial score (nSPS) is 22.4. The maximum Gasteiger partial charge on any atom is 0.289 e. The summed E-state index contributed by atoms with van der Waals surface area (Å²) in [4.78, 5) is 14.6. The number of nitrogens with zero attached hydrogens (tertiary/aromatic N) is 2. The number of amides is 1. The highest BCUT2D eigenvalue weighted by Gasteiger charge is 2.35. The van der Waals surface area contributed by atoms with Crippen molar-refractivity contribution in [2.75, 3.05) is 33.2 Å². The van der Waals surface area contributed by atoms with Gasteiger partial charge in [-0.1, -0.05) is 0 Å². The molecule has 0 bridgehead atoms. The van der Waals surface area contributed by atoms with Crippen molar-refractivity contribution >= 4 is 15.9 Å². The molecule has 1 amide bonds. The van der Waals surface area contributed by atoms with Crippen LogP contribution < -0.4 is 5.32 Å². The summed E-state index contributed by atoms with van der Waals surface area (Å²) in [5.74, 6) is 0.182. The van der Waals surface area contributed by atoms with Crippen LogP contribution in [0.25, 0.3) is 0 Å². The molecule has 0 aromatic carbocycles. The number of hydrogen-bond donors (Lipinski definition) is 1. The van der Waals surface area contributed by atoms with Gasteiger partial charge in [0.15, 0.2) is 5.76 Å². The number of carbonyl (C=O) groups is 1. The average Bonchev–Trinajstić information content (AvgIpc) is 3.27. The Kier molecular flexibility index (Phi) is 4.98. The van der Waals surface area contributed by atoms with E-state index in [1.807, 2.05) is 7.05 Å². The number of likely N-dealkylation sites (N-methyl/N-ethyl adjacent to an activating group) is 1. The second-order valence-electron chi connectivity index (χ2n) is 6.49. The van der Waals surface area contributed by atoms with Crippen molar-refractivity contribution in [3.63, 3.8) is 0 Å². The highest BCUT2D eigenvalue weighted by Crippen LogP contribution is 2.28. The number of hydrogen-bond acceptors (Lipinski definition) is 5. The van der Waals surface area contributed by atoms with Gasteiger partial charge in [0.25, 0.3) is 5.91 Å². The van der Waals surface area contributed by atoms with Gasteiger partial charge in [-0.2, -0.15) is 4.31 Å². The molecule has 24 heavy (non-hydrogen) atoms. The standard InChI is InChI=1S/C16H25N3O4S/c1-12-15(24(21,22)18-7-3-4-8-18)10-14(23-12)16(20)19-9-5-6-13(19)11-17-2/h10,13,17H,3-9,11H2,1-2H3. The molecule has 7 nitrogen and oxygen atoms in total. The van der Waals surface area contributed by atoms with Gasteiger partial charge in [0.05, 0.1) is 0 Å². The summed E-state index contributed by atoms with van der Waals surface area (Å²) in [6.07, 6.45) is 3.66. The van der Waals surface area contributed by atoms with Crippen molar-refractivity contribution < 1.29 is 17.6 Å². The summed E-state index contributed by atoms with van der Waals surface area (Å²) < 4.78 is 32.4. The van der Waals surface area contributed by atoms with E-state index in [1.54, 1.807) is 11.8 Å². The van der Waals surface area contributed by atoms with Crippen molar-refractivity contribution in [1.82, 2.24) is 14.5 Å². The Bertz CT molecular complexity index is 707. The van der Waals surface area contributed by atoms with Crippen molar-refractivity contribution in [3.8, 4) is 0 Å². The molecule has 3 heterocycles. The molecule has 8 heteroatoms. The first-order valence-corrected chi connectivity index (χ1v) is 9.95. The van der Waals surface area contributed by atoms with Crippen molar-refractivity contribution in [1.29, 1.82) is 0 Å². The van der Waals surface area contributed by atoms with E-state index in [9.17, 15) is 13.2 Å². The Morgan fingerprint density at radius 1 is 1.29 bits per heavy atom. The molecule has 0 saturated carbocycles. The third kappa shape index (κ3) is 3.10. The van der Waals surface area contributed by atoms with E-state index in [-0.39, 0.29) is 28.4 Å². The highest BCUT2D eigenvalue weighted by atomic mass is 32.2. The summed E-state index contributed by atoms with van der Waals surface area (Å²) in [7, 11) is -1.71. The molecule has 134 valence electrons. The number of aryl methyl sites for hydroxylation is 1. The van der Waals surface area contributed by atoms with E-state index in [0.29, 0.717) is 19.6 Å². The van der Waals surface area contributed by atoms with E-state index in [0.717, 1.165) is 32.2 Å². The van der Waals surface area contributed by atoms with Gasteiger partial charge in [-0.3, -0.25) is 4.79 Å². The molecule has 1 atom stereocenters. The Balaban J connectivity index is 1.84. The molecule has 2 aliphatic rings. The first-order chi connectivity index (χ1) is 11.4. The van der Waals surface area contributed by atoms with Crippen molar-refractivity contribution in [2.24, 2.45) is 0 Å². The van der Waals surface area contributed by atoms with Gasteiger partial charge in [0, 0.05) is 38.3 Å². The largest absolute Gasteiger partial charge is 0.455 e. The topological polar surface area (TPSA) is 82.9 Å². The van der Waals surface area contributed by atoms with Gasteiger partial charge in [0.2, 0.25) is 10.0 Å². The maximum atomic E-state index is 12.7. The first-order valence-electron chi connectivity index (χ1n) is 8.51. The van der Waals surface area contributed by atoms with E-state index in [2.05, 4.69) is 5.32 Å². The van der Waals surface area contributed by atoms with Gasteiger partial charge < -0.3 is 14.6 Å². The molecule has 0 aliphatic carbocycles. The summed E-state index contributed by atoms with van der Waals surface area (Å²) >= 11 is 0. The van der Waals surface area contributed by atoms with Crippen LogP contribution in [0.2, 0.25) is 0 Å². The zero-order valence-corrected chi connectivity index (χ0v) is 15.1. The Labute approximate surface area is 143 Å². The lowest BCUT2D eigenvalue weighted by Crippen LogP contribution is -2.40. The fourth-order valence-corrected chi connectivity index (χ4v) is 5.26. The van der Waals surface area contributed by atoms with Crippen LogP contribution in [0.3, 0.4) is 0 Å². The highest BCUT2D eigenvalue weighted by molar-refractivity contribution is 7.89. The number of furan rings is 1. The van der Waals surface area contributed by atoms with Crippen LogP contribution >= 0.6 is 0 Å². The van der Waals surface area contributed by atoms with E-state index in [4.69, 9.17) is 4.42 Å². The minimum atomic E-state index is -3.57. The summed E-state index contributed by atoms with van der Waals surface area (Å²) in [6.45, 7) is 4.08. The quantitative estimate of drug-likeness (QED) is 0.858. The van der Waals surface area contributed by atoms with Gasteiger partial charge in [-0.25, -0.2) is 8.42 Å². The molecule has 2 fully saturated rings. The molecule has 1 unspecified atom stereocenters. The van der Waals surface area contributed by atoms with Gasteiger partial charge in [0.1, 0.15) is 10.7 Å². The average molecular weight is 355 g/mol. The molecular weight excluding hydrogens is 330 g/mol. The third-order valence-corrected chi connectivity index (χ3v) is 6.85. The van der Waals surface area contributed by atoms with Crippen LogP contribution in [0.4, 0.5) is 0 Å². The molecule has 1 aromatic rings. The SMILES string of the molecule is CNCC1CCCN1C(=O)c1cc(S(=O)(=O)N2CCCC2)c(C)o1. The lowest BCUT2D eigenvalue weighted by molar-refractivity contribution is 0.0703. The second-order valence-corrected chi connectivity index (χ2v) is 8.40. The summed E-state index contributed by atoms with van der Waals surface area (Å²) in [5, 5.41) is 3.10. The molecular formula is C16H25N3O4S. The zero-order valence-electron chi connectivity index (χ0n) is 14.2. The van der Waals surface area contributed by atoms with Crippen LogP contribution in [0, 0.1) is 6.92 Å². The van der Waals surface area contributed by atoms with Crippen molar-refractivity contribution in [2.45, 2.75) is 43.5 Å². The van der Waals surface area contributed by atoms with Crippen LogP contribution in [0.15, 0.2) is 15.4 Å². The fraction of sp³-hybridized carbons (Fsp3) is 0.688. The monoisotopic (exact) mass is 355 g/mol. The lowest BCUT2D eigenvalue weighted by Gasteiger charge is -2.23. The fourth-order valence-electron chi connectivity index (χ4n) is 3.59. The second kappa shape index (κ2) is 6.85. The zero-order chi connectivity index (χ0) is 17.3. The molecule has 2 aliphatic heterocycles. The van der Waals surface area contributed by atoms with Crippen molar-refractivity contribution in [3.05, 3.63) is 17.6 Å². The number of nitrogens with one attached hydrogen (secondary N) is 1. The molecule has 3 rings (SSSR count). The Hall–Kier alpha value is -1.38. The first kappa shape index (κ1) is 17.4. The maximum absolute atomic E-state index is 12.7. The minimum absolute atomic E-state index is 0.119. The van der Waals surface area contributed by atoms with E-state index < -0.39 is 10.0 Å². The lowest BCUT2D eigenvalue weighted by atomic mass is 10.2. The number of carbonyl (C=O) groups excluding carboxylic acids is 1. The van der Waals surface area contributed by atoms with Crippen LogP contribution in [0.5, 0.6) is 0 Å². The molecule has 0 radical (unpaired) electrons. The Morgan fingerprint density at radius 3 is 2.67 bits per heavy atom. The van der Waals surface area contributed by atoms with E-state index in [1.165, 1.54) is 10.4 Å². The number of likely N-dealkylation sites (tertiary alicyclic amines) is 1. The van der Waals surface area contributed by atoms with Gasteiger partial charge in [-0.15, -0.1) is 0 Å². The van der Waals surface area contributed by atoms with E-state index >= 15 is 0 Å². The predicted molar refractivity (Wildman–Crippen MR) is 89.4 cm³/mol. The number of rotatable bonds is 5. The Morgan fingerprint density at radius 2 is 2.00 bits per heavy atom. The third-order valence-electron chi connectivity index (χ3n) is 4.84. The molecule has 1 N–H and O–H groups in total. The predicted octanol–water partition coefficient (Wildman–Crippen LogP) is 1.20. The van der Waals surface area contributed by atoms with Crippen LogP contribution in [0.1, 0.15) is 42.0 Å². The van der Waals surface area contributed by atoms with Gasteiger partial charge >= 0.3 is 0 Å².